The Kier molecular flexibility index (Phi) is 7.52. The van der Waals surface area contributed by atoms with E-state index in [-0.39, 0.29) is 6.61 Å². The first-order valence-corrected chi connectivity index (χ1v) is 7.88. The van der Waals surface area contributed by atoms with E-state index in [0.717, 1.165) is 20.8 Å². The van der Waals surface area contributed by atoms with E-state index < -0.39 is 54.1 Å². The number of carbonyl (C=O) groups excluding carboxylic acids is 4. The first-order valence-electron chi connectivity index (χ1n) is 7.88. The maximum absolute atomic E-state index is 11.6. The monoisotopic (exact) mass is 376 g/mol. The second-order valence-electron chi connectivity index (χ2n) is 5.86. The maximum atomic E-state index is 11.6. The highest BCUT2D eigenvalue weighted by Crippen LogP contribution is 2.36. The van der Waals surface area contributed by atoms with Crippen LogP contribution < -0.4 is 0 Å². The first-order chi connectivity index (χ1) is 12.0. The van der Waals surface area contributed by atoms with E-state index in [4.69, 9.17) is 28.4 Å². The van der Waals surface area contributed by atoms with Crippen LogP contribution >= 0.6 is 0 Å². The smallest absolute Gasteiger partial charge is 0.303 e. The summed E-state index contributed by atoms with van der Waals surface area (Å²) >= 11 is 0. The van der Waals surface area contributed by atoms with E-state index in [1.54, 1.807) is 0 Å². The molecule has 0 aromatic rings. The van der Waals surface area contributed by atoms with Gasteiger partial charge in [0.1, 0.15) is 12.7 Å². The Labute approximate surface area is 151 Å². The van der Waals surface area contributed by atoms with Crippen molar-refractivity contribution in [3.8, 4) is 0 Å². The lowest BCUT2D eigenvalue weighted by atomic mass is 9.92. The summed E-state index contributed by atoms with van der Waals surface area (Å²) in [5.41, 5.74) is 0. The predicted octanol–water partition coefficient (Wildman–Crippen LogP) is 0.106. The molecule has 26 heavy (non-hydrogen) atoms. The van der Waals surface area contributed by atoms with Crippen LogP contribution in [0.15, 0.2) is 0 Å². The molecule has 0 bridgehead atoms. The SMILES string of the molecule is CO[C@@]1(C)O[C@H](COC(C)=O)[C@@H](OC(C)=O)[C@H](OC(C)=O)[C@H]1OC(C)=O. The van der Waals surface area contributed by atoms with Crippen LogP contribution in [0.5, 0.6) is 0 Å². The summed E-state index contributed by atoms with van der Waals surface area (Å²) in [6, 6.07) is 0. The van der Waals surface area contributed by atoms with Crippen molar-refractivity contribution in [2.75, 3.05) is 13.7 Å². The molecule has 1 aliphatic rings. The van der Waals surface area contributed by atoms with Gasteiger partial charge in [0.05, 0.1) is 0 Å². The van der Waals surface area contributed by atoms with Crippen molar-refractivity contribution in [1.82, 2.24) is 0 Å². The number of hydrogen-bond donors (Lipinski definition) is 0. The zero-order valence-electron chi connectivity index (χ0n) is 15.6. The van der Waals surface area contributed by atoms with Gasteiger partial charge in [0.2, 0.25) is 5.79 Å². The Bertz CT molecular complexity index is 559. The van der Waals surface area contributed by atoms with E-state index in [0.29, 0.717) is 0 Å². The molecule has 148 valence electrons. The van der Waals surface area contributed by atoms with Crippen LogP contribution in [0.25, 0.3) is 0 Å². The minimum Gasteiger partial charge on any atom is -0.463 e. The molecule has 0 aromatic carbocycles. The van der Waals surface area contributed by atoms with Crippen LogP contribution in [-0.4, -0.2) is 67.8 Å². The fourth-order valence-corrected chi connectivity index (χ4v) is 2.62. The van der Waals surface area contributed by atoms with Gasteiger partial charge in [-0.15, -0.1) is 0 Å². The molecule has 0 unspecified atom stereocenters. The van der Waals surface area contributed by atoms with E-state index >= 15 is 0 Å². The minimum atomic E-state index is -1.55. The zero-order chi connectivity index (χ0) is 20.1. The van der Waals surface area contributed by atoms with Gasteiger partial charge in [-0.2, -0.15) is 0 Å². The normalized spacial score (nSPS) is 30.8. The van der Waals surface area contributed by atoms with E-state index in [2.05, 4.69) is 0 Å². The highest BCUT2D eigenvalue weighted by molar-refractivity contribution is 5.68. The summed E-state index contributed by atoms with van der Waals surface area (Å²) in [5.74, 6) is -4.20. The van der Waals surface area contributed by atoms with Crippen LogP contribution in [0.2, 0.25) is 0 Å². The lowest BCUT2D eigenvalue weighted by molar-refractivity contribution is -0.352. The summed E-state index contributed by atoms with van der Waals surface area (Å²) in [7, 11) is 1.30. The van der Waals surface area contributed by atoms with Crippen molar-refractivity contribution in [3.05, 3.63) is 0 Å². The summed E-state index contributed by atoms with van der Waals surface area (Å²) < 4.78 is 31.7. The van der Waals surface area contributed by atoms with Crippen LogP contribution in [0.4, 0.5) is 0 Å². The average Bonchev–Trinajstić information content (AvgIpc) is 2.50. The third kappa shape index (κ3) is 5.67. The molecule has 1 aliphatic heterocycles. The minimum absolute atomic E-state index is 0.295. The summed E-state index contributed by atoms with van der Waals surface area (Å²) in [6.45, 7) is 5.82. The molecule has 0 amide bonds. The first kappa shape index (κ1) is 21.8. The second-order valence-corrected chi connectivity index (χ2v) is 5.86. The van der Waals surface area contributed by atoms with Crippen LogP contribution in [0.3, 0.4) is 0 Å². The van der Waals surface area contributed by atoms with Gasteiger partial charge in [-0.3, -0.25) is 19.2 Å². The molecule has 0 radical (unpaired) electrons. The van der Waals surface area contributed by atoms with Crippen LogP contribution in [-0.2, 0) is 47.6 Å². The molecule has 1 fully saturated rings. The van der Waals surface area contributed by atoms with Gasteiger partial charge < -0.3 is 28.4 Å². The second kappa shape index (κ2) is 8.95. The van der Waals surface area contributed by atoms with Crippen molar-refractivity contribution in [1.29, 1.82) is 0 Å². The number of carbonyl (C=O) groups is 4. The van der Waals surface area contributed by atoms with Crippen LogP contribution in [0, 0.1) is 0 Å². The van der Waals surface area contributed by atoms with Gasteiger partial charge in [-0.25, -0.2) is 0 Å². The van der Waals surface area contributed by atoms with Gasteiger partial charge in [0.15, 0.2) is 18.3 Å². The van der Waals surface area contributed by atoms with Crippen molar-refractivity contribution in [3.63, 3.8) is 0 Å². The Morgan fingerprint density at radius 1 is 0.846 bits per heavy atom. The fourth-order valence-electron chi connectivity index (χ4n) is 2.62. The summed E-state index contributed by atoms with van der Waals surface area (Å²) in [4.78, 5) is 45.8. The van der Waals surface area contributed by atoms with Gasteiger partial charge in [0, 0.05) is 34.8 Å². The quantitative estimate of drug-likeness (QED) is 0.466. The predicted molar refractivity (Wildman–Crippen MR) is 83.6 cm³/mol. The average molecular weight is 376 g/mol. The molecule has 0 spiro atoms. The van der Waals surface area contributed by atoms with Crippen molar-refractivity contribution in [2.45, 2.75) is 64.8 Å². The molecule has 10 nitrogen and oxygen atoms in total. The molecule has 0 saturated carbocycles. The molecule has 0 N–H and O–H groups in total. The van der Waals surface area contributed by atoms with Crippen LogP contribution in [0.1, 0.15) is 34.6 Å². The molecule has 1 saturated heterocycles. The largest absolute Gasteiger partial charge is 0.463 e. The molecule has 0 aliphatic carbocycles. The number of esters is 4. The van der Waals surface area contributed by atoms with Gasteiger partial charge >= 0.3 is 23.9 Å². The lowest BCUT2D eigenvalue weighted by Gasteiger charge is -2.48. The Morgan fingerprint density at radius 2 is 1.35 bits per heavy atom. The lowest BCUT2D eigenvalue weighted by Crippen LogP contribution is -2.67. The van der Waals surface area contributed by atoms with E-state index in [9.17, 15) is 19.2 Å². The molecular weight excluding hydrogens is 352 g/mol. The number of methoxy groups -OCH3 is 1. The third-order valence-electron chi connectivity index (χ3n) is 3.64. The van der Waals surface area contributed by atoms with Crippen molar-refractivity contribution >= 4 is 23.9 Å². The fraction of sp³-hybridized carbons (Fsp3) is 0.750. The van der Waals surface area contributed by atoms with Crippen molar-refractivity contribution in [2.24, 2.45) is 0 Å². The molecule has 0 aromatic heterocycles. The van der Waals surface area contributed by atoms with Gasteiger partial charge in [-0.1, -0.05) is 0 Å². The van der Waals surface area contributed by atoms with E-state index in [1.807, 2.05) is 0 Å². The standard InChI is InChI=1S/C16H24O10/c1-8(17)22-7-12-13(23-9(2)18)14(24-10(3)19)15(25-11(4)20)16(5,21-6)26-12/h12-15H,7H2,1-6H3/t12-,13-,14+,15-,16+/m1/s1. The van der Waals surface area contributed by atoms with Gasteiger partial charge in [-0.05, 0) is 6.92 Å². The molecular formula is C16H24O10. The summed E-state index contributed by atoms with van der Waals surface area (Å²) in [6.07, 6.45) is -4.68. The Balaban J connectivity index is 3.32. The Morgan fingerprint density at radius 3 is 1.77 bits per heavy atom. The number of ether oxygens (including phenoxy) is 6. The highest BCUT2D eigenvalue weighted by atomic mass is 16.7. The Hall–Kier alpha value is -2.20. The highest BCUT2D eigenvalue weighted by Gasteiger charge is 2.58. The molecule has 5 atom stereocenters. The molecule has 10 heteroatoms. The van der Waals surface area contributed by atoms with Crippen molar-refractivity contribution < 1.29 is 47.6 Å². The molecule has 1 rings (SSSR count). The number of rotatable bonds is 6. The number of hydrogen-bond acceptors (Lipinski definition) is 10. The van der Waals surface area contributed by atoms with E-state index in [1.165, 1.54) is 21.0 Å². The zero-order valence-corrected chi connectivity index (χ0v) is 15.6. The molecule has 1 heterocycles. The summed E-state index contributed by atoms with van der Waals surface area (Å²) in [5, 5.41) is 0. The maximum Gasteiger partial charge on any atom is 0.303 e. The third-order valence-corrected chi connectivity index (χ3v) is 3.64. The topological polar surface area (TPSA) is 124 Å². The van der Waals surface area contributed by atoms with Gasteiger partial charge in [0.25, 0.3) is 0 Å².